The highest BCUT2D eigenvalue weighted by Crippen LogP contribution is 2.38. The molecule has 1 amide bonds. The Bertz CT molecular complexity index is 782. The number of methoxy groups -OCH3 is 1. The molecule has 1 aromatic heterocycles. The Hall–Kier alpha value is -2.39. The van der Waals surface area contributed by atoms with Crippen molar-refractivity contribution in [2.75, 3.05) is 7.11 Å². The lowest BCUT2D eigenvalue weighted by molar-refractivity contribution is 0.0780. The molecule has 112 valence electrons. The number of nitrogens with zero attached hydrogens (tertiary/aromatic N) is 2. The minimum absolute atomic E-state index is 0.102. The van der Waals surface area contributed by atoms with E-state index in [1.54, 1.807) is 23.1 Å². The van der Waals surface area contributed by atoms with Gasteiger partial charge in [0.1, 0.15) is 16.8 Å². The van der Waals surface area contributed by atoms with E-state index in [1.165, 1.54) is 7.11 Å². The molecule has 2 heterocycles. The van der Waals surface area contributed by atoms with Gasteiger partial charge in [0, 0.05) is 12.1 Å². The molecule has 0 spiro atoms. The SMILES string of the molecule is COC1=C(F)CC2C(=C1)C=C(C)N2C(=O)c1ccc(C#N)s1. The van der Waals surface area contributed by atoms with Gasteiger partial charge in [0.15, 0.2) is 5.76 Å². The van der Waals surface area contributed by atoms with Gasteiger partial charge in [-0.3, -0.25) is 4.79 Å². The second-order valence-corrected chi connectivity index (χ2v) is 6.16. The van der Waals surface area contributed by atoms with E-state index < -0.39 is 0 Å². The molecule has 0 saturated heterocycles. The van der Waals surface area contributed by atoms with Crippen molar-refractivity contribution in [2.24, 2.45) is 0 Å². The molecule has 1 unspecified atom stereocenters. The van der Waals surface area contributed by atoms with Gasteiger partial charge in [-0.1, -0.05) is 0 Å². The van der Waals surface area contributed by atoms with Gasteiger partial charge in [0.25, 0.3) is 5.91 Å². The average molecular weight is 316 g/mol. The standard InChI is InChI=1S/C16H13FN2O2S/c1-9-5-10-6-14(21-2)12(17)7-13(10)19(9)16(20)15-4-3-11(8-18)22-15/h3-6,13H,7H2,1-2H3. The second kappa shape index (κ2) is 5.43. The van der Waals surface area contributed by atoms with Crippen LogP contribution in [0.2, 0.25) is 0 Å². The van der Waals surface area contributed by atoms with Gasteiger partial charge >= 0.3 is 0 Å². The van der Waals surface area contributed by atoms with E-state index in [1.807, 2.05) is 19.1 Å². The zero-order valence-electron chi connectivity index (χ0n) is 12.1. The quantitative estimate of drug-likeness (QED) is 0.839. The van der Waals surface area contributed by atoms with Crippen molar-refractivity contribution in [2.45, 2.75) is 19.4 Å². The Kier molecular flexibility index (Phi) is 3.59. The van der Waals surface area contributed by atoms with Crippen LogP contribution in [0.15, 0.2) is 47.1 Å². The summed E-state index contributed by atoms with van der Waals surface area (Å²) in [4.78, 5) is 15.2. The highest BCUT2D eigenvalue weighted by atomic mass is 32.1. The van der Waals surface area contributed by atoms with Gasteiger partial charge in [0.2, 0.25) is 0 Å². The number of rotatable bonds is 2. The van der Waals surface area contributed by atoms with E-state index >= 15 is 0 Å². The first-order valence-corrected chi connectivity index (χ1v) is 7.53. The summed E-state index contributed by atoms with van der Waals surface area (Å²) in [5, 5.41) is 8.87. The maximum Gasteiger partial charge on any atom is 0.268 e. The fraction of sp³-hybridized carbons (Fsp3) is 0.250. The van der Waals surface area contributed by atoms with Crippen LogP contribution < -0.4 is 0 Å². The molecule has 0 aromatic carbocycles. The first-order chi connectivity index (χ1) is 10.5. The highest BCUT2D eigenvalue weighted by Gasteiger charge is 2.37. The molecule has 1 aromatic rings. The molecular weight excluding hydrogens is 303 g/mol. The van der Waals surface area contributed by atoms with Crippen molar-refractivity contribution in [1.82, 2.24) is 4.90 Å². The number of halogens is 1. The zero-order chi connectivity index (χ0) is 15.9. The summed E-state index contributed by atoms with van der Waals surface area (Å²) in [5.74, 6) is -0.351. The molecular formula is C16H13FN2O2S. The van der Waals surface area contributed by atoms with Crippen LogP contribution in [0.5, 0.6) is 0 Å². The van der Waals surface area contributed by atoms with Crippen LogP contribution in [0, 0.1) is 11.3 Å². The Labute approximate surface area is 131 Å². The maximum atomic E-state index is 14.0. The third-order valence-corrected chi connectivity index (χ3v) is 4.73. The molecule has 1 aliphatic heterocycles. The summed E-state index contributed by atoms with van der Waals surface area (Å²) in [7, 11) is 1.43. The molecule has 0 N–H and O–H groups in total. The number of hydrogen-bond acceptors (Lipinski definition) is 4. The molecule has 22 heavy (non-hydrogen) atoms. The number of nitriles is 1. The lowest BCUT2D eigenvalue weighted by Gasteiger charge is -2.28. The second-order valence-electron chi connectivity index (χ2n) is 5.07. The van der Waals surface area contributed by atoms with Crippen molar-refractivity contribution in [3.8, 4) is 6.07 Å². The van der Waals surface area contributed by atoms with Crippen molar-refractivity contribution >= 4 is 17.2 Å². The van der Waals surface area contributed by atoms with E-state index in [9.17, 15) is 9.18 Å². The van der Waals surface area contributed by atoms with Crippen molar-refractivity contribution in [3.05, 3.63) is 56.9 Å². The number of carbonyl (C=O) groups is 1. The van der Waals surface area contributed by atoms with E-state index in [2.05, 4.69) is 0 Å². The maximum absolute atomic E-state index is 14.0. The molecule has 3 rings (SSSR count). The number of ether oxygens (including phenoxy) is 1. The van der Waals surface area contributed by atoms with Crippen LogP contribution >= 0.6 is 11.3 Å². The Morgan fingerprint density at radius 1 is 1.50 bits per heavy atom. The van der Waals surface area contributed by atoms with Gasteiger partial charge in [-0.2, -0.15) is 5.26 Å². The number of thiophene rings is 1. The van der Waals surface area contributed by atoms with Crippen molar-refractivity contribution < 1.29 is 13.9 Å². The minimum atomic E-state index is -0.360. The topological polar surface area (TPSA) is 53.3 Å². The smallest absolute Gasteiger partial charge is 0.268 e. The summed E-state index contributed by atoms with van der Waals surface area (Å²) in [6.45, 7) is 1.82. The van der Waals surface area contributed by atoms with Crippen LogP contribution in [-0.2, 0) is 4.74 Å². The van der Waals surface area contributed by atoms with Crippen LogP contribution in [0.1, 0.15) is 27.9 Å². The Morgan fingerprint density at radius 2 is 2.27 bits per heavy atom. The minimum Gasteiger partial charge on any atom is -0.494 e. The number of amides is 1. The van der Waals surface area contributed by atoms with Gasteiger partial charge < -0.3 is 9.64 Å². The largest absolute Gasteiger partial charge is 0.494 e. The summed E-state index contributed by atoms with van der Waals surface area (Å²) in [6, 6.07) is 4.92. The molecule has 0 fully saturated rings. The third-order valence-electron chi connectivity index (χ3n) is 3.76. The van der Waals surface area contributed by atoms with Crippen LogP contribution in [-0.4, -0.2) is 24.0 Å². The lowest BCUT2D eigenvalue weighted by atomic mass is 9.98. The van der Waals surface area contributed by atoms with E-state index in [0.29, 0.717) is 9.75 Å². The number of carbonyl (C=O) groups excluding carboxylic acids is 1. The van der Waals surface area contributed by atoms with Gasteiger partial charge in [-0.15, -0.1) is 11.3 Å². The van der Waals surface area contributed by atoms with Crippen molar-refractivity contribution in [1.29, 1.82) is 5.26 Å². The molecule has 0 saturated carbocycles. The van der Waals surface area contributed by atoms with E-state index in [-0.39, 0.29) is 30.0 Å². The summed E-state index contributed by atoms with van der Waals surface area (Å²) in [6.07, 6.45) is 3.60. The predicted molar refractivity (Wildman–Crippen MR) is 80.6 cm³/mol. The molecule has 1 aliphatic carbocycles. The molecule has 2 aliphatic rings. The number of hydrogen-bond donors (Lipinski definition) is 0. The predicted octanol–water partition coefficient (Wildman–Crippen LogP) is 3.51. The molecule has 6 heteroatoms. The Balaban J connectivity index is 1.92. The lowest BCUT2D eigenvalue weighted by Crippen LogP contribution is -2.36. The van der Waals surface area contributed by atoms with Crippen LogP contribution in [0.4, 0.5) is 4.39 Å². The third kappa shape index (κ3) is 2.24. The summed E-state index contributed by atoms with van der Waals surface area (Å²) >= 11 is 1.15. The highest BCUT2D eigenvalue weighted by molar-refractivity contribution is 7.14. The van der Waals surface area contributed by atoms with Gasteiger partial charge in [-0.05, 0) is 36.8 Å². The van der Waals surface area contributed by atoms with Gasteiger partial charge in [0.05, 0.1) is 18.0 Å². The van der Waals surface area contributed by atoms with Crippen LogP contribution in [0.3, 0.4) is 0 Å². The summed E-state index contributed by atoms with van der Waals surface area (Å²) in [5.41, 5.74) is 1.62. The fourth-order valence-electron chi connectivity index (χ4n) is 2.75. The molecule has 0 radical (unpaired) electrons. The van der Waals surface area contributed by atoms with Crippen molar-refractivity contribution in [3.63, 3.8) is 0 Å². The number of allylic oxidation sites excluding steroid dienone is 2. The normalized spacial score (nSPS) is 20.3. The van der Waals surface area contributed by atoms with E-state index in [0.717, 1.165) is 22.6 Å². The Morgan fingerprint density at radius 3 is 2.91 bits per heavy atom. The summed E-state index contributed by atoms with van der Waals surface area (Å²) < 4.78 is 19.0. The van der Waals surface area contributed by atoms with Crippen LogP contribution in [0.25, 0.3) is 0 Å². The van der Waals surface area contributed by atoms with E-state index in [4.69, 9.17) is 10.00 Å². The first-order valence-electron chi connectivity index (χ1n) is 6.71. The number of fused-ring (bicyclic) bond motifs is 1. The molecule has 1 atom stereocenters. The fourth-order valence-corrected chi connectivity index (χ4v) is 3.49. The monoisotopic (exact) mass is 316 g/mol. The average Bonchev–Trinajstić information content (AvgIpc) is 3.09. The zero-order valence-corrected chi connectivity index (χ0v) is 12.9. The molecule has 0 bridgehead atoms. The van der Waals surface area contributed by atoms with Gasteiger partial charge in [-0.25, -0.2) is 4.39 Å². The molecule has 4 nitrogen and oxygen atoms in total. The first kappa shape index (κ1) is 14.5.